The molecule has 1 aliphatic rings. The number of H-pyrrole nitrogens is 1. The molecule has 2 aromatic heterocycles. The maximum absolute atomic E-state index is 12.9. The molecule has 0 unspecified atom stereocenters. The number of thiazole rings is 1. The zero-order valence-electron chi connectivity index (χ0n) is 16.9. The fourth-order valence-electron chi connectivity index (χ4n) is 3.37. The van der Waals surface area contributed by atoms with E-state index >= 15 is 0 Å². The summed E-state index contributed by atoms with van der Waals surface area (Å²) < 4.78 is 5.22. The molecule has 0 atom stereocenters. The topological polar surface area (TPSA) is 95.0 Å². The number of benzene rings is 2. The third kappa shape index (κ3) is 3.72. The van der Waals surface area contributed by atoms with E-state index in [9.17, 15) is 4.79 Å². The highest BCUT2D eigenvalue weighted by Gasteiger charge is 2.35. The van der Waals surface area contributed by atoms with Crippen molar-refractivity contribution in [1.82, 2.24) is 15.2 Å². The van der Waals surface area contributed by atoms with Gasteiger partial charge in [-0.05, 0) is 41.1 Å². The van der Waals surface area contributed by atoms with Crippen LogP contribution in [0.4, 0.5) is 5.13 Å². The maximum atomic E-state index is 12.9. The van der Waals surface area contributed by atoms with Crippen LogP contribution >= 0.6 is 23.1 Å². The van der Waals surface area contributed by atoms with E-state index in [1.807, 2.05) is 48.5 Å². The molecule has 4 aromatic rings. The van der Waals surface area contributed by atoms with Gasteiger partial charge in [0.05, 0.1) is 17.7 Å². The summed E-state index contributed by atoms with van der Waals surface area (Å²) in [7, 11) is 1.65. The summed E-state index contributed by atoms with van der Waals surface area (Å²) in [6, 6.07) is 16.0. The number of thioether (sulfide) groups is 1. The molecule has 0 radical (unpaired) electrons. The van der Waals surface area contributed by atoms with Crippen molar-refractivity contribution in [2.75, 3.05) is 12.0 Å². The monoisotopic (exact) mass is 459 g/mol. The van der Waals surface area contributed by atoms with Crippen LogP contribution in [0.25, 0.3) is 28.5 Å². The third-order valence-corrected chi connectivity index (χ3v) is 6.62. The van der Waals surface area contributed by atoms with E-state index in [1.165, 1.54) is 16.2 Å². The predicted octanol–water partition coefficient (Wildman–Crippen LogP) is 5.26. The van der Waals surface area contributed by atoms with Crippen LogP contribution < -0.4 is 9.64 Å². The molecular formula is C23H17N5O2S2. The third-order valence-electron chi connectivity index (χ3n) is 4.97. The first-order valence-electron chi connectivity index (χ1n) is 9.65. The van der Waals surface area contributed by atoms with Crippen molar-refractivity contribution < 1.29 is 9.53 Å². The summed E-state index contributed by atoms with van der Waals surface area (Å²) in [4.78, 5) is 18.8. The fraction of sp³-hybridized carbons (Fsp3) is 0.0435. The summed E-state index contributed by atoms with van der Waals surface area (Å²) >= 11 is 2.45. The quantitative estimate of drug-likeness (QED) is 0.397. The molecule has 1 aliphatic heterocycles. The molecule has 2 N–H and O–H groups in total. The van der Waals surface area contributed by atoms with Crippen LogP contribution in [0.15, 0.2) is 71.2 Å². The first-order valence-corrected chi connectivity index (χ1v) is 11.3. The van der Waals surface area contributed by atoms with E-state index in [1.54, 1.807) is 31.0 Å². The van der Waals surface area contributed by atoms with Crippen molar-refractivity contribution in [2.45, 2.75) is 0 Å². The van der Waals surface area contributed by atoms with Gasteiger partial charge in [-0.15, -0.1) is 11.3 Å². The number of amidine groups is 1. The van der Waals surface area contributed by atoms with Crippen LogP contribution in [0.1, 0.15) is 5.56 Å². The van der Waals surface area contributed by atoms with Crippen LogP contribution in [0.2, 0.25) is 0 Å². The number of aromatic nitrogens is 3. The molecule has 1 fully saturated rings. The van der Waals surface area contributed by atoms with E-state index in [2.05, 4.69) is 15.2 Å². The Morgan fingerprint density at radius 2 is 1.75 bits per heavy atom. The molecule has 1 amide bonds. The summed E-state index contributed by atoms with van der Waals surface area (Å²) in [5, 5.41) is 17.9. The number of nitrogens with one attached hydrogen (secondary N) is 2. The summed E-state index contributed by atoms with van der Waals surface area (Å²) in [5.41, 5.74) is 4.63. The van der Waals surface area contributed by atoms with Crippen molar-refractivity contribution in [1.29, 1.82) is 5.41 Å². The maximum Gasteiger partial charge on any atom is 0.273 e. The van der Waals surface area contributed by atoms with Gasteiger partial charge in [0.15, 0.2) is 10.3 Å². The lowest BCUT2D eigenvalue weighted by atomic mass is 10.0. The minimum absolute atomic E-state index is 0.144. The van der Waals surface area contributed by atoms with Crippen molar-refractivity contribution in [2.24, 2.45) is 0 Å². The van der Waals surface area contributed by atoms with Crippen LogP contribution in [0.3, 0.4) is 0 Å². The van der Waals surface area contributed by atoms with Gasteiger partial charge in [-0.1, -0.05) is 36.4 Å². The molecule has 0 bridgehead atoms. The summed E-state index contributed by atoms with van der Waals surface area (Å²) in [5.74, 6) is 0.567. The fourth-order valence-corrected chi connectivity index (χ4v) is 4.91. The molecule has 158 valence electrons. The Hall–Kier alpha value is -3.69. The number of carbonyl (C=O) groups excluding carboxylic acids is 1. The SMILES string of the molecule is COc1ccc(-c2ccc(-c3n[nH]cc3/C=C3\SC(=N)N(c4nccs4)C3=O)cc2)cc1. The van der Waals surface area contributed by atoms with E-state index < -0.39 is 0 Å². The molecular weight excluding hydrogens is 442 g/mol. The Kier molecular flexibility index (Phi) is 5.34. The summed E-state index contributed by atoms with van der Waals surface area (Å²) in [6.45, 7) is 0. The molecule has 32 heavy (non-hydrogen) atoms. The molecule has 1 saturated heterocycles. The number of ether oxygens (including phenoxy) is 1. The first kappa shape index (κ1) is 20.2. The number of carbonyl (C=O) groups is 1. The second kappa shape index (κ2) is 8.45. The van der Waals surface area contributed by atoms with Gasteiger partial charge >= 0.3 is 0 Å². The van der Waals surface area contributed by atoms with Gasteiger partial charge in [0.2, 0.25) is 0 Å². The Balaban J connectivity index is 1.41. The van der Waals surface area contributed by atoms with E-state index in [-0.39, 0.29) is 11.1 Å². The van der Waals surface area contributed by atoms with Crippen LogP contribution in [-0.2, 0) is 4.79 Å². The predicted molar refractivity (Wildman–Crippen MR) is 129 cm³/mol. The Labute approximate surface area is 192 Å². The standard InChI is InChI=1S/C23H17N5O2S2/c1-30-18-8-6-15(7-9-18)14-2-4-16(5-3-14)20-17(13-26-27-20)12-19-21(29)28(22(24)32-19)23-25-10-11-31-23/h2-13,24H,1H3,(H,26,27)/b19-12-,24-22?. The van der Waals surface area contributed by atoms with Gasteiger partial charge in [-0.25, -0.2) is 9.88 Å². The van der Waals surface area contributed by atoms with E-state index in [0.717, 1.165) is 45.5 Å². The lowest BCUT2D eigenvalue weighted by Crippen LogP contribution is -2.27. The van der Waals surface area contributed by atoms with Gasteiger partial charge in [-0.3, -0.25) is 15.3 Å². The lowest BCUT2D eigenvalue weighted by molar-refractivity contribution is -0.113. The molecule has 9 heteroatoms. The molecule has 0 saturated carbocycles. The zero-order valence-corrected chi connectivity index (χ0v) is 18.5. The van der Waals surface area contributed by atoms with Gasteiger partial charge in [0.1, 0.15) is 5.75 Å². The molecule has 7 nitrogen and oxygen atoms in total. The van der Waals surface area contributed by atoms with Crippen molar-refractivity contribution in [3.63, 3.8) is 0 Å². The van der Waals surface area contributed by atoms with Crippen LogP contribution in [-0.4, -0.2) is 33.4 Å². The molecule has 0 aliphatic carbocycles. The Morgan fingerprint density at radius 3 is 2.41 bits per heavy atom. The number of methoxy groups -OCH3 is 1. The number of hydrogen-bond acceptors (Lipinski definition) is 7. The number of rotatable bonds is 5. The molecule has 2 aromatic carbocycles. The Bertz CT molecular complexity index is 1310. The minimum Gasteiger partial charge on any atom is -0.497 e. The van der Waals surface area contributed by atoms with E-state index in [0.29, 0.717) is 10.0 Å². The van der Waals surface area contributed by atoms with Crippen molar-refractivity contribution in [3.05, 3.63) is 76.8 Å². The smallest absolute Gasteiger partial charge is 0.273 e. The highest BCUT2D eigenvalue weighted by Crippen LogP contribution is 2.37. The highest BCUT2D eigenvalue weighted by molar-refractivity contribution is 8.19. The van der Waals surface area contributed by atoms with Crippen LogP contribution in [0, 0.1) is 5.41 Å². The minimum atomic E-state index is -0.253. The molecule has 3 heterocycles. The average molecular weight is 460 g/mol. The van der Waals surface area contributed by atoms with Gasteiger partial charge < -0.3 is 4.74 Å². The van der Waals surface area contributed by atoms with Crippen molar-refractivity contribution in [3.8, 4) is 28.1 Å². The molecule has 5 rings (SSSR count). The zero-order chi connectivity index (χ0) is 22.1. The number of hydrogen-bond donors (Lipinski definition) is 2. The Morgan fingerprint density at radius 1 is 1.06 bits per heavy atom. The van der Waals surface area contributed by atoms with Gasteiger partial charge in [-0.2, -0.15) is 5.10 Å². The largest absolute Gasteiger partial charge is 0.497 e. The number of nitrogens with zero attached hydrogens (tertiary/aromatic N) is 3. The second-order valence-corrected chi connectivity index (χ2v) is 8.77. The normalized spacial score (nSPS) is 15.0. The number of amides is 1. The number of aromatic amines is 1. The first-order chi connectivity index (χ1) is 15.6. The van der Waals surface area contributed by atoms with Gasteiger partial charge in [0, 0.05) is 28.9 Å². The van der Waals surface area contributed by atoms with Crippen molar-refractivity contribution >= 4 is 45.4 Å². The van der Waals surface area contributed by atoms with Crippen LogP contribution in [0.5, 0.6) is 5.75 Å². The lowest BCUT2D eigenvalue weighted by Gasteiger charge is -2.09. The highest BCUT2D eigenvalue weighted by atomic mass is 32.2. The molecule has 0 spiro atoms. The number of anilines is 1. The van der Waals surface area contributed by atoms with E-state index in [4.69, 9.17) is 10.1 Å². The second-order valence-electron chi connectivity index (χ2n) is 6.87. The summed E-state index contributed by atoms with van der Waals surface area (Å²) in [6.07, 6.45) is 5.14. The average Bonchev–Trinajstić information content (AvgIpc) is 3.56. The van der Waals surface area contributed by atoms with Gasteiger partial charge in [0.25, 0.3) is 5.91 Å².